The second-order valence-corrected chi connectivity index (χ2v) is 9.32. The van der Waals surface area contributed by atoms with E-state index >= 15 is 0 Å². The summed E-state index contributed by atoms with van der Waals surface area (Å²) in [5, 5.41) is 2.93. The zero-order chi connectivity index (χ0) is 21.0. The molecule has 1 fully saturated rings. The van der Waals surface area contributed by atoms with Gasteiger partial charge in [-0.05, 0) is 31.5 Å². The molecule has 7 nitrogen and oxygen atoms in total. The molecule has 0 aliphatic carbocycles. The maximum Gasteiger partial charge on any atom is 0.240 e. The van der Waals surface area contributed by atoms with Gasteiger partial charge in [0.05, 0.1) is 10.6 Å². The number of thiazole rings is 1. The number of amides is 1. The molecule has 0 radical (unpaired) electrons. The predicted octanol–water partition coefficient (Wildman–Crippen LogP) is 2.14. The third kappa shape index (κ3) is 5.49. The summed E-state index contributed by atoms with van der Waals surface area (Å²) in [6, 6.07) is 2.34. The number of nitrogens with zero attached hydrogens (tertiary/aromatic N) is 3. The van der Waals surface area contributed by atoms with E-state index in [0.29, 0.717) is 25.7 Å². The topological polar surface area (TPSA) is 82.6 Å². The minimum Gasteiger partial charge on any atom is -0.346 e. The van der Waals surface area contributed by atoms with E-state index in [-0.39, 0.29) is 23.8 Å². The number of aryl methyl sites for hydroxylation is 1. The highest BCUT2D eigenvalue weighted by atomic mass is 32.2. The molecule has 11 heteroatoms. The van der Waals surface area contributed by atoms with Crippen molar-refractivity contribution in [3.63, 3.8) is 0 Å². The lowest BCUT2D eigenvalue weighted by atomic mass is 10.3. The summed E-state index contributed by atoms with van der Waals surface area (Å²) in [6.45, 7) is 4.42. The molecule has 0 bridgehead atoms. The number of hydrogen-bond acceptors (Lipinski definition) is 6. The van der Waals surface area contributed by atoms with Gasteiger partial charge in [-0.15, -0.1) is 11.3 Å². The van der Waals surface area contributed by atoms with Crippen molar-refractivity contribution < 1.29 is 22.0 Å². The van der Waals surface area contributed by atoms with Crippen molar-refractivity contribution in [1.29, 1.82) is 0 Å². The predicted molar refractivity (Wildman–Crippen MR) is 106 cm³/mol. The maximum absolute atomic E-state index is 13.3. The van der Waals surface area contributed by atoms with E-state index in [9.17, 15) is 22.0 Å². The lowest BCUT2D eigenvalue weighted by Gasteiger charge is -2.21. The summed E-state index contributed by atoms with van der Waals surface area (Å²) < 4.78 is 52.8. The Morgan fingerprint density at radius 1 is 1.21 bits per heavy atom. The summed E-state index contributed by atoms with van der Waals surface area (Å²) >= 11 is 1.58. The molecular formula is C18H22F2N4O3S2. The van der Waals surface area contributed by atoms with Gasteiger partial charge in [-0.3, -0.25) is 4.79 Å². The van der Waals surface area contributed by atoms with Gasteiger partial charge in [-0.1, -0.05) is 0 Å². The van der Waals surface area contributed by atoms with E-state index in [4.69, 9.17) is 0 Å². The van der Waals surface area contributed by atoms with E-state index in [1.807, 2.05) is 12.3 Å². The van der Waals surface area contributed by atoms with Crippen LogP contribution >= 0.6 is 11.3 Å². The first-order chi connectivity index (χ1) is 13.8. The minimum absolute atomic E-state index is 0.0146. The zero-order valence-corrected chi connectivity index (χ0v) is 17.5. The van der Waals surface area contributed by atoms with Crippen molar-refractivity contribution in [1.82, 2.24) is 14.6 Å². The van der Waals surface area contributed by atoms with Gasteiger partial charge in [0.15, 0.2) is 16.8 Å². The Morgan fingerprint density at radius 2 is 2.00 bits per heavy atom. The molecule has 0 unspecified atom stereocenters. The van der Waals surface area contributed by atoms with E-state index < -0.39 is 21.7 Å². The fraction of sp³-hybridized carbons (Fsp3) is 0.444. The number of halogens is 2. The number of hydrogen-bond donors (Lipinski definition) is 1. The van der Waals surface area contributed by atoms with Gasteiger partial charge in [0.25, 0.3) is 0 Å². The Hall–Kier alpha value is -2.11. The molecule has 29 heavy (non-hydrogen) atoms. The Labute approximate surface area is 172 Å². The Kier molecular flexibility index (Phi) is 6.81. The molecule has 3 rings (SSSR count). The smallest absolute Gasteiger partial charge is 0.240 e. The molecule has 1 aromatic carbocycles. The monoisotopic (exact) mass is 444 g/mol. The van der Waals surface area contributed by atoms with Crippen molar-refractivity contribution in [3.05, 3.63) is 40.9 Å². The van der Waals surface area contributed by atoms with Crippen molar-refractivity contribution in [2.24, 2.45) is 0 Å². The number of benzene rings is 1. The quantitative estimate of drug-likeness (QED) is 0.738. The van der Waals surface area contributed by atoms with Crippen LogP contribution in [-0.2, 0) is 14.8 Å². The van der Waals surface area contributed by atoms with Crippen molar-refractivity contribution >= 4 is 32.4 Å². The average molecular weight is 445 g/mol. The van der Waals surface area contributed by atoms with Gasteiger partial charge in [0.1, 0.15) is 0 Å². The molecule has 1 aromatic heterocycles. The summed E-state index contributed by atoms with van der Waals surface area (Å²) in [4.78, 5) is 20.4. The van der Waals surface area contributed by atoms with Gasteiger partial charge in [-0.25, -0.2) is 26.9 Å². The number of aromatic nitrogens is 1. The molecule has 0 atom stereocenters. The molecule has 1 aliphatic heterocycles. The van der Waals surface area contributed by atoms with Crippen LogP contribution < -0.4 is 9.62 Å². The minimum atomic E-state index is -4.02. The highest BCUT2D eigenvalue weighted by molar-refractivity contribution is 7.89. The average Bonchev–Trinajstić information content (AvgIpc) is 2.96. The van der Waals surface area contributed by atoms with E-state index in [1.54, 1.807) is 16.2 Å². The standard InChI is InChI=1S/C18H22F2N4O3S2/c1-13-12-28-18(22-13)24-8-2-7-23(9-10-24)17(25)5-6-21-29(26,27)14-3-4-15(19)16(20)11-14/h3-4,11-12,21H,2,5-10H2,1H3. The number of carbonyl (C=O) groups excluding carboxylic acids is 1. The summed E-state index contributed by atoms with van der Waals surface area (Å²) in [6.07, 6.45) is 0.782. The normalized spacial score (nSPS) is 15.4. The van der Waals surface area contributed by atoms with Crippen LogP contribution in [0.25, 0.3) is 0 Å². The van der Waals surface area contributed by atoms with E-state index in [1.165, 1.54) is 0 Å². The fourth-order valence-electron chi connectivity index (χ4n) is 3.02. The van der Waals surface area contributed by atoms with Crippen LogP contribution in [0.15, 0.2) is 28.5 Å². The zero-order valence-electron chi connectivity index (χ0n) is 15.9. The summed E-state index contributed by atoms with van der Waals surface area (Å²) in [7, 11) is -4.02. The highest BCUT2D eigenvalue weighted by Crippen LogP contribution is 2.21. The van der Waals surface area contributed by atoms with Gasteiger partial charge in [0, 0.05) is 44.5 Å². The second kappa shape index (κ2) is 9.14. The summed E-state index contributed by atoms with van der Waals surface area (Å²) in [5.41, 5.74) is 0.968. The van der Waals surface area contributed by atoms with Crippen LogP contribution in [0, 0.1) is 18.6 Å². The molecule has 158 valence electrons. The molecule has 2 heterocycles. The molecule has 1 saturated heterocycles. The number of nitrogens with one attached hydrogen (secondary N) is 1. The van der Waals surface area contributed by atoms with Crippen molar-refractivity contribution in [2.45, 2.75) is 24.7 Å². The lowest BCUT2D eigenvalue weighted by molar-refractivity contribution is -0.130. The molecule has 1 amide bonds. The van der Waals surface area contributed by atoms with Gasteiger partial charge in [-0.2, -0.15) is 0 Å². The molecule has 2 aromatic rings. The Bertz CT molecular complexity index is 981. The molecule has 0 spiro atoms. The number of rotatable bonds is 6. The van der Waals surface area contributed by atoms with Crippen molar-refractivity contribution in [2.75, 3.05) is 37.6 Å². The van der Waals surface area contributed by atoms with Crippen LogP contribution in [0.1, 0.15) is 18.5 Å². The molecular weight excluding hydrogens is 422 g/mol. The Morgan fingerprint density at radius 3 is 2.69 bits per heavy atom. The van der Waals surface area contributed by atoms with E-state index in [2.05, 4.69) is 14.6 Å². The second-order valence-electron chi connectivity index (χ2n) is 6.72. The van der Waals surface area contributed by atoms with Gasteiger partial charge in [0.2, 0.25) is 15.9 Å². The SMILES string of the molecule is Cc1csc(N2CCCN(C(=O)CCNS(=O)(=O)c3ccc(F)c(F)c3)CC2)n1. The third-order valence-corrected chi connectivity index (χ3v) is 7.04. The van der Waals surface area contributed by atoms with Crippen LogP contribution in [0.4, 0.5) is 13.9 Å². The van der Waals surface area contributed by atoms with Crippen LogP contribution in [-0.4, -0.2) is 56.9 Å². The largest absolute Gasteiger partial charge is 0.346 e. The number of sulfonamides is 1. The lowest BCUT2D eigenvalue weighted by Crippen LogP contribution is -2.37. The molecule has 0 saturated carbocycles. The maximum atomic E-state index is 13.3. The van der Waals surface area contributed by atoms with Crippen LogP contribution in [0.3, 0.4) is 0 Å². The first-order valence-electron chi connectivity index (χ1n) is 9.16. The van der Waals surface area contributed by atoms with Crippen LogP contribution in [0.2, 0.25) is 0 Å². The van der Waals surface area contributed by atoms with E-state index in [0.717, 1.165) is 35.9 Å². The highest BCUT2D eigenvalue weighted by Gasteiger charge is 2.22. The van der Waals surface area contributed by atoms with Gasteiger partial charge >= 0.3 is 0 Å². The molecule has 1 N–H and O–H groups in total. The number of carbonyl (C=O) groups is 1. The third-order valence-electron chi connectivity index (χ3n) is 4.56. The van der Waals surface area contributed by atoms with Crippen molar-refractivity contribution in [3.8, 4) is 0 Å². The van der Waals surface area contributed by atoms with Crippen LogP contribution in [0.5, 0.6) is 0 Å². The summed E-state index contributed by atoms with van der Waals surface area (Å²) in [5.74, 6) is -2.52. The molecule has 1 aliphatic rings. The fourth-order valence-corrected chi connectivity index (χ4v) is 4.92. The number of anilines is 1. The first-order valence-corrected chi connectivity index (χ1v) is 11.5. The Balaban J connectivity index is 1.50. The first kappa shape index (κ1) is 21.6. The van der Waals surface area contributed by atoms with Gasteiger partial charge < -0.3 is 9.80 Å².